The van der Waals surface area contributed by atoms with Gasteiger partial charge in [-0.1, -0.05) is 0 Å². The van der Waals surface area contributed by atoms with Crippen LogP contribution in [0.15, 0.2) is 18.2 Å². The van der Waals surface area contributed by atoms with Crippen molar-refractivity contribution in [1.82, 2.24) is 0 Å². The molecule has 0 N–H and O–H groups in total. The number of hydrogen-bond acceptors (Lipinski definition) is 2. The molecule has 0 radical (unpaired) electrons. The molecule has 2 nitrogen and oxygen atoms in total. The summed E-state index contributed by atoms with van der Waals surface area (Å²) in [5, 5.41) is 0. The number of carbonyl (C=O) groups is 1. The van der Waals surface area contributed by atoms with E-state index in [-0.39, 0.29) is 18.0 Å². The molecule has 0 spiro atoms. The minimum atomic E-state index is -6.38. The highest BCUT2D eigenvalue weighted by Gasteiger charge is 2.73. The lowest BCUT2D eigenvalue weighted by Gasteiger charge is -2.28. The van der Waals surface area contributed by atoms with Crippen LogP contribution >= 0.6 is 0 Å². The molecule has 2 rings (SSSR count). The van der Waals surface area contributed by atoms with E-state index in [9.17, 15) is 35.5 Å². The molecule has 0 amide bonds. The quantitative estimate of drug-likeness (QED) is 0.779. The van der Waals surface area contributed by atoms with E-state index in [0.29, 0.717) is 17.5 Å². The van der Waals surface area contributed by atoms with Crippen molar-refractivity contribution in [1.29, 1.82) is 0 Å². The van der Waals surface area contributed by atoms with Gasteiger partial charge in [0, 0.05) is 12.0 Å². The lowest BCUT2D eigenvalue weighted by atomic mass is 10.1. The minimum Gasteiger partial charge on any atom is -0.487 e. The van der Waals surface area contributed by atoms with Gasteiger partial charge in [-0.2, -0.15) is 30.7 Å². The summed E-state index contributed by atoms with van der Waals surface area (Å²) in [5.41, 5.74) is 0.841. The molecule has 0 heterocycles. The van der Waals surface area contributed by atoms with Gasteiger partial charge in [-0.05, 0) is 30.2 Å². The first-order chi connectivity index (χ1) is 9.96. The van der Waals surface area contributed by atoms with Gasteiger partial charge in [0.2, 0.25) is 0 Å². The predicted molar refractivity (Wildman–Crippen MR) is 60.5 cm³/mol. The van der Waals surface area contributed by atoms with E-state index in [1.807, 2.05) is 0 Å². The van der Waals surface area contributed by atoms with Crippen LogP contribution in [0.2, 0.25) is 0 Å². The second-order valence-electron chi connectivity index (χ2n) is 4.81. The first kappa shape index (κ1) is 16.6. The first-order valence-corrected chi connectivity index (χ1v) is 6.07. The summed E-state index contributed by atoms with van der Waals surface area (Å²) < 4.78 is 91.7. The van der Waals surface area contributed by atoms with Gasteiger partial charge in [0.15, 0.2) is 12.4 Å². The van der Waals surface area contributed by atoms with Crippen LogP contribution in [0.4, 0.5) is 30.7 Å². The predicted octanol–water partition coefficient (Wildman–Crippen LogP) is 4.03. The average Bonchev–Trinajstić information content (AvgIpc) is 2.76. The molecule has 0 saturated heterocycles. The largest absolute Gasteiger partial charge is 0.487 e. The van der Waals surface area contributed by atoms with Crippen molar-refractivity contribution in [3.05, 3.63) is 29.3 Å². The topological polar surface area (TPSA) is 26.3 Å². The molecular formula is C13H9F7O2. The number of hydrogen-bond donors (Lipinski definition) is 0. The van der Waals surface area contributed by atoms with Gasteiger partial charge in [0.05, 0.1) is 0 Å². The molecule has 9 heteroatoms. The van der Waals surface area contributed by atoms with Crippen LogP contribution in [-0.4, -0.2) is 30.4 Å². The third kappa shape index (κ3) is 2.76. The van der Waals surface area contributed by atoms with Crippen LogP contribution in [0.3, 0.4) is 0 Å². The number of rotatable bonds is 4. The van der Waals surface area contributed by atoms with Gasteiger partial charge >= 0.3 is 18.0 Å². The summed E-state index contributed by atoms with van der Waals surface area (Å²) in [4.78, 5) is 11.4. The van der Waals surface area contributed by atoms with Crippen molar-refractivity contribution in [2.75, 3.05) is 6.61 Å². The number of alkyl halides is 7. The summed E-state index contributed by atoms with van der Waals surface area (Å²) in [6.07, 6.45) is -5.83. The van der Waals surface area contributed by atoms with Crippen LogP contribution in [0, 0.1) is 0 Å². The van der Waals surface area contributed by atoms with Gasteiger partial charge in [-0.3, -0.25) is 4.79 Å². The maximum Gasteiger partial charge on any atom is 0.460 e. The average molecular weight is 330 g/mol. The summed E-state index contributed by atoms with van der Waals surface area (Å²) >= 11 is 0. The Bertz CT molecular complexity index is 593. The van der Waals surface area contributed by atoms with E-state index in [4.69, 9.17) is 0 Å². The fourth-order valence-corrected chi connectivity index (χ4v) is 1.99. The maximum absolute atomic E-state index is 13.1. The lowest BCUT2D eigenvalue weighted by Crippen LogP contribution is -2.54. The highest BCUT2D eigenvalue weighted by molar-refractivity contribution is 6.00. The Morgan fingerprint density at radius 1 is 1.00 bits per heavy atom. The number of benzene rings is 1. The van der Waals surface area contributed by atoms with E-state index in [1.54, 1.807) is 0 Å². The van der Waals surface area contributed by atoms with Crippen LogP contribution in [-0.2, 0) is 6.42 Å². The Balaban J connectivity index is 2.11. The Morgan fingerprint density at radius 2 is 1.64 bits per heavy atom. The van der Waals surface area contributed by atoms with Crippen LogP contribution in [0.25, 0.3) is 0 Å². The number of Topliss-reactive ketones (excluding diaryl/α,β-unsaturated/α-hetero) is 1. The van der Waals surface area contributed by atoms with Gasteiger partial charge in [-0.15, -0.1) is 0 Å². The zero-order valence-corrected chi connectivity index (χ0v) is 10.8. The van der Waals surface area contributed by atoms with Crippen molar-refractivity contribution in [2.24, 2.45) is 0 Å². The summed E-state index contributed by atoms with van der Waals surface area (Å²) in [6, 6.07) is 3.52. The van der Waals surface area contributed by atoms with Gasteiger partial charge in [-0.25, -0.2) is 0 Å². The normalized spacial score (nSPS) is 15.9. The highest BCUT2D eigenvalue weighted by atomic mass is 19.4. The molecule has 0 atom stereocenters. The van der Waals surface area contributed by atoms with Gasteiger partial charge in [0.1, 0.15) is 5.75 Å². The van der Waals surface area contributed by atoms with E-state index < -0.39 is 24.6 Å². The monoisotopic (exact) mass is 330 g/mol. The number of ketones is 1. The van der Waals surface area contributed by atoms with Crippen molar-refractivity contribution < 1.29 is 40.3 Å². The molecule has 1 aliphatic carbocycles. The van der Waals surface area contributed by atoms with E-state index in [0.717, 1.165) is 6.07 Å². The maximum atomic E-state index is 13.1. The summed E-state index contributed by atoms with van der Waals surface area (Å²) in [6.45, 7) is -2.13. The lowest BCUT2D eigenvalue weighted by molar-refractivity contribution is -0.358. The molecule has 0 aliphatic heterocycles. The molecular weight excluding hydrogens is 321 g/mol. The Hall–Kier alpha value is -1.80. The number of fused-ring (bicyclic) bond motifs is 1. The molecule has 0 saturated carbocycles. The molecule has 1 aromatic carbocycles. The third-order valence-electron chi connectivity index (χ3n) is 3.23. The SMILES string of the molecule is O=C1CCc2cc(OCC(F)(F)C(F)(F)C(F)(F)F)ccc21. The summed E-state index contributed by atoms with van der Waals surface area (Å²) in [5.74, 6) is -12.1. The fourth-order valence-electron chi connectivity index (χ4n) is 1.99. The second-order valence-corrected chi connectivity index (χ2v) is 4.81. The third-order valence-corrected chi connectivity index (χ3v) is 3.23. The highest BCUT2D eigenvalue weighted by Crippen LogP contribution is 2.46. The Kier molecular flexibility index (Phi) is 3.87. The van der Waals surface area contributed by atoms with E-state index in [1.165, 1.54) is 12.1 Å². The van der Waals surface area contributed by atoms with Gasteiger partial charge in [0.25, 0.3) is 0 Å². The van der Waals surface area contributed by atoms with E-state index in [2.05, 4.69) is 4.74 Å². The number of halogens is 7. The van der Waals surface area contributed by atoms with Crippen LogP contribution in [0.1, 0.15) is 22.3 Å². The fraction of sp³-hybridized carbons (Fsp3) is 0.462. The van der Waals surface area contributed by atoms with Gasteiger partial charge < -0.3 is 4.74 Å². The van der Waals surface area contributed by atoms with Crippen molar-refractivity contribution in [3.63, 3.8) is 0 Å². The molecule has 0 unspecified atom stereocenters. The number of carbonyl (C=O) groups excluding carboxylic acids is 1. The van der Waals surface area contributed by atoms with Crippen LogP contribution < -0.4 is 4.74 Å². The van der Waals surface area contributed by atoms with Crippen LogP contribution in [0.5, 0.6) is 5.75 Å². The smallest absolute Gasteiger partial charge is 0.460 e. The second kappa shape index (κ2) is 5.13. The standard InChI is InChI=1S/C13H9F7O2/c14-11(15,12(16,17)13(18,19)20)6-22-8-2-3-9-7(5-8)1-4-10(9)21/h2-3,5H,1,4,6H2. The molecule has 122 valence electrons. The zero-order valence-electron chi connectivity index (χ0n) is 10.8. The zero-order chi connectivity index (χ0) is 16.8. The minimum absolute atomic E-state index is 0.157. The van der Waals surface area contributed by atoms with Crippen molar-refractivity contribution in [2.45, 2.75) is 30.9 Å². The first-order valence-electron chi connectivity index (χ1n) is 6.07. The molecule has 22 heavy (non-hydrogen) atoms. The Morgan fingerprint density at radius 3 is 2.23 bits per heavy atom. The van der Waals surface area contributed by atoms with E-state index >= 15 is 0 Å². The molecule has 0 bridgehead atoms. The van der Waals surface area contributed by atoms with Crippen molar-refractivity contribution >= 4 is 5.78 Å². The Labute approximate surface area is 119 Å². The molecule has 1 aliphatic rings. The summed E-state index contributed by atoms with van der Waals surface area (Å²) in [7, 11) is 0. The molecule has 0 aromatic heterocycles. The number of ether oxygens (including phenoxy) is 1. The molecule has 1 aromatic rings. The number of aryl methyl sites for hydroxylation is 1. The molecule has 0 fully saturated rings. The van der Waals surface area contributed by atoms with Crippen molar-refractivity contribution in [3.8, 4) is 5.75 Å².